The molecule has 178 valence electrons. The first kappa shape index (κ1) is 23.5. The summed E-state index contributed by atoms with van der Waals surface area (Å²) in [4.78, 5) is 33.4. The number of nitrogens with zero attached hydrogens (tertiary/aromatic N) is 2. The SMILES string of the molecule is COc1cc2sc(N3C(=O)C(=O)/C(=C(/O)c4ccc(OC)c(Br)c4)C3c3cccs3)nc2cc1C. The van der Waals surface area contributed by atoms with Gasteiger partial charge in [-0.2, -0.15) is 0 Å². The van der Waals surface area contributed by atoms with Gasteiger partial charge in [0.25, 0.3) is 5.78 Å². The molecule has 1 aliphatic rings. The fraction of sp³-hybridized carbons (Fsp3) is 0.160. The summed E-state index contributed by atoms with van der Waals surface area (Å²) in [7, 11) is 3.14. The molecule has 0 saturated carbocycles. The number of ketones is 1. The van der Waals surface area contributed by atoms with Crippen LogP contribution < -0.4 is 14.4 Å². The number of amides is 1. The number of hydrogen-bond acceptors (Lipinski definition) is 8. The van der Waals surface area contributed by atoms with Gasteiger partial charge < -0.3 is 14.6 Å². The molecule has 4 aromatic rings. The van der Waals surface area contributed by atoms with E-state index in [4.69, 9.17) is 9.47 Å². The molecular weight excluding hydrogens is 552 g/mol. The van der Waals surface area contributed by atoms with Crippen molar-refractivity contribution in [3.63, 3.8) is 0 Å². The molecule has 3 heterocycles. The number of benzene rings is 2. The number of thiazole rings is 1. The fourth-order valence-electron chi connectivity index (χ4n) is 4.09. The zero-order valence-corrected chi connectivity index (χ0v) is 22.1. The molecule has 1 atom stereocenters. The average Bonchev–Trinajstić information content (AvgIpc) is 3.56. The summed E-state index contributed by atoms with van der Waals surface area (Å²) in [5.74, 6) is -0.459. The van der Waals surface area contributed by atoms with Gasteiger partial charge in [0.05, 0.1) is 34.5 Å². The maximum absolute atomic E-state index is 13.3. The lowest BCUT2D eigenvalue weighted by molar-refractivity contribution is -0.132. The minimum atomic E-state index is -0.806. The molecule has 7 nitrogen and oxygen atoms in total. The molecule has 35 heavy (non-hydrogen) atoms. The van der Waals surface area contributed by atoms with E-state index in [0.29, 0.717) is 26.4 Å². The molecule has 1 aliphatic heterocycles. The lowest BCUT2D eigenvalue weighted by Crippen LogP contribution is -2.28. The number of aliphatic hydroxyl groups excluding tert-OH is 1. The number of thiophene rings is 1. The number of hydrogen-bond donors (Lipinski definition) is 1. The molecule has 0 aliphatic carbocycles. The molecule has 1 saturated heterocycles. The normalized spacial score (nSPS) is 17.4. The number of aromatic nitrogens is 1. The highest BCUT2D eigenvalue weighted by Gasteiger charge is 2.48. The van der Waals surface area contributed by atoms with Crippen LogP contribution in [0.4, 0.5) is 5.13 Å². The fourth-order valence-corrected chi connectivity index (χ4v) is 6.45. The van der Waals surface area contributed by atoms with E-state index in [1.165, 1.54) is 34.7 Å². The van der Waals surface area contributed by atoms with Crippen LogP contribution in [-0.4, -0.2) is 36.0 Å². The molecular formula is C25H19BrN2O5S2. The van der Waals surface area contributed by atoms with E-state index in [1.54, 1.807) is 25.3 Å². The highest BCUT2D eigenvalue weighted by molar-refractivity contribution is 9.10. The molecule has 1 fully saturated rings. The third kappa shape index (κ3) is 3.91. The second-order valence-corrected chi connectivity index (χ2v) is 10.7. The van der Waals surface area contributed by atoms with Gasteiger partial charge in [0.2, 0.25) is 0 Å². The summed E-state index contributed by atoms with van der Waals surface area (Å²) >= 11 is 6.11. The molecule has 1 amide bonds. The number of ether oxygens (including phenoxy) is 2. The first-order valence-corrected chi connectivity index (χ1v) is 13.0. The lowest BCUT2D eigenvalue weighted by Gasteiger charge is -2.21. The monoisotopic (exact) mass is 570 g/mol. The number of anilines is 1. The highest BCUT2D eigenvalue weighted by Crippen LogP contribution is 2.46. The van der Waals surface area contributed by atoms with Crippen LogP contribution in [0.1, 0.15) is 22.0 Å². The maximum Gasteiger partial charge on any atom is 0.301 e. The summed E-state index contributed by atoms with van der Waals surface area (Å²) in [6, 6.07) is 11.6. The Bertz CT molecular complexity index is 1510. The zero-order valence-electron chi connectivity index (χ0n) is 18.9. The van der Waals surface area contributed by atoms with Crippen molar-refractivity contribution in [1.29, 1.82) is 0 Å². The largest absolute Gasteiger partial charge is 0.507 e. The standard InChI is InChI=1S/C25H19BrN2O5S2/c1-12-9-15-19(11-17(12)33-3)35-25(27-15)28-21(18-5-4-8-34-18)20(23(30)24(28)31)22(29)13-6-7-16(32-2)14(26)10-13/h4-11,21,29H,1-3H3/b22-20+. The van der Waals surface area contributed by atoms with E-state index in [2.05, 4.69) is 20.9 Å². The van der Waals surface area contributed by atoms with Gasteiger partial charge in [-0.3, -0.25) is 14.5 Å². The van der Waals surface area contributed by atoms with Crippen LogP contribution in [0.2, 0.25) is 0 Å². The third-order valence-corrected chi connectivity index (χ3v) is 8.34. The van der Waals surface area contributed by atoms with Crippen molar-refractivity contribution in [3.8, 4) is 11.5 Å². The summed E-state index contributed by atoms with van der Waals surface area (Å²) in [5.41, 5.74) is 2.03. The van der Waals surface area contributed by atoms with Crippen molar-refractivity contribution in [1.82, 2.24) is 4.98 Å². The van der Waals surface area contributed by atoms with Crippen LogP contribution in [0.5, 0.6) is 11.5 Å². The molecule has 2 aromatic heterocycles. The highest BCUT2D eigenvalue weighted by atomic mass is 79.9. The van der Waals surface area contributed by atoms with Crippen LogP contribution in [0, 0.1) is 6.92 Å². The van der Waals surface area contributed by atoms with Crippen molar-refractivity contribution >= 4 is 71.4 Å². The van der Waals surface area contributed by atoms with E-state index in [-0.39, 0.29) is 11.3 Å². The van der Waals surface area contributed by atoms with Gasteiger partial charge in [0.1, 0.15) is 23.3 Å². The molecule has 2 aromatic carbocycles. The Kier molecular flexibility index (Phi) is 6.12. The molecule has 1 unspecified atom stereocenters. The second kappa shape index (κ2) is 9.10. The van der Waals surface area contributed by atoms with E-state index in [9.17, 15) is 14.7 Å². The number of aliphatic hydroxyl groups is 1. The lowest BCUT2D eigenvalue weighted by atomic mass is 10.00. The summed E-state index contributed by atoms with van der Waals surface area (Å²) < 4.78 is 12.1. The summed E-state index contributed by atoms with van der Waals surface area (Å²) in [6.07, 6.45) is 0. The van der Waals surface area contributed by atoms with Crippen molar-refractivity contribution in [2.75, 3.05) is 19.1 Å². The summed E-state index contributed by atoms with van der Waals surface area (Å²) in [6.45, 7) is 1.92. The Hall–Kier alpha value is -3.21. The van der Waals surface area contributed by atoms with Gasteiger partial charge in [0.15, 0.2) is 5.13 Å². The van der Waals surface area contributed by atoms with Crippen LogP contribution in [0.15, 0.2) is 57.9 Å². The zero-order chi connectivity index (χ0) is 24.9. The quantitative estimate of drug-likeness (QED) is 0.178. The third-order valence-electron chi connectivity index (χ3n) is 5.78. The smallest absolute Gasteiger partial charge is 0.301 e. The predicted molar refractivity (Wildman–Crippen MR) is 141 cm³/mol. The van der Waals surface area contributed by atoms with Crippen molar-refractivity contribution in [3.05, 3.63) is 73.9 Å². The molecule has 0 radical (unpaired) electrons. The first-order chi connectivity index (χ1) is 16.8. The number of methoxy groups -OCH3 is 2. The molecule has 1 N–H and O–H groups in total. The molecule has 5 rings (SSSR count). The Morgan fingerprint density at radius 2 is 1.89 bits per heavy atom. The predicted octanol–water partition coefficient (Wildman–Crippen LogP) is 6.07. The Labute approximate surface area is 217 Å². The van der Waals surface area contributed by atoms with Crippen molar-refractivity contribution in [2.45, 2.75) is 13.0 Å². The van der Waals surface area contributed by atoms with Gasteiger partial charge in [-0.05, 0) is 70.2 Å². The van der Waals surface area contributed by atoms with Crippen LogP contribution in [-0.2, 0) is 9.59 Å². The van der Waals surface area contributed by atoms with Crippen LogP contribution >= 0.6 is 38.6 Å². The average molecular weight is 571 g/mol. The Morgan fingerprint density at radius 3 is 2.54 bits per heavy atom. The van der Waals surface area contributed by atoms with Crippen LogP contribution in [0.3, 0.4) is 0 Å². The molecule has 0 spiro atoms. The number of rotatable bonds is 5. The number of carbonyl (C=O) groups is 2. The number of Topliss-reactive ketones (excluding diaryl/α,β-unsaturated/α-hetero) is 1. The number of carbonyl (C=O) groups excluding carboxylic acids is 2. The van der Waals surface area contributed by atoms with E-state index in [1.807, 2.05) is 36.6 Å². The van der Waals surface area contributed by atoms with Gasteiger partial charge in [-0.1, -0.05) is 17.4 Å². The minimum Gasteiger partial charge on any atom is -0.507 e. The summed E-state index contributed by atoms with van der Waals surface area (Å²) in [5, 5.41) is 13.5. The first-order valence-electron chi connectivity index (χ1n) is 10.5. The molecule has 10 heteroatoms. The molecule has 0 bridgehead atoms. The van der Waals surface area contributed by atoms with Gasteiger partial charge in [-0.25, -0.2) is 4.98 Å². The van der Waals surface area contributed by atoms with Crippen molar-refractivity contribution < 1.29 is 24.2 Å². The number of aryl methyl sites for hydroxylation is 1. The Balaban J connectivity index is 1.69. The van der Waals surface area contributed by atoms with Gasteiger partial charge >= 0.3 is 5.91 Å². The van der Waals surface area contributed by atoms with Crippen LogP contribution in [0.25, 0.3) is 16.0 Å². The van der Waals surface area contributed by atoms with E-state index < -0.39 is 17.7 Å². The van der Waals surface area contributed by atoms with Crippen molar-refractivity contribution in [2.24, 2.45) is 0 Å². The van der Waals surface area contributed by atoms with E-state index >= 15 is 0 Å². The van der Waals surface area contributed by atoms with E-state index in [0.717, 1.165) is 20.9 Å². The number of fused-ring (bicyclic) bond motifs is 1. The Morgan fingerprint density at radius 1 is 1.11 bits per heavy atom. The second-order valence-electron chi connectivity index (χ2n) is 7.82. The van der Waals surface area contributed by atoms with Gasteiger partial charge in [0, 0.05) is 10.4 Å². The minimum absolute atomic E-state index is 0.0162. The van der Waals surface area contributed by atoms with Gasteiger partial charge in [-0.15, -0.1) is 11.3 Å². The maximum atomic E-state index is 13.3. The number of halogens is 1. The topological polar surface area (TPSA) is 89.0 Å².